The van der Waals surface area contributed by atoms with Crippen LogP contribution in [0.2, 0.25) is 5.02 Å². The Balaban J connectivity index is 1.67. The number of fused-ring (bicyclic) bond motifs is 1. The maximum atomic E-state index is 6.28. The van der Waals surface area contributed by atoms with Crippen LogP contribution in [0.4, 0.5) is 0 Å². The average molecular weight is 320 g/mol. The zero-order valence-electron chi connectivity index (χ0n) is 11.9. The van der Waals surface area contributed by atoms with Gasteiger partial charge in [-0.15, -0.1) is 11.8 Å². The molecular formula is C17H18ClNOS. The van der Waals surface area contributed by atoms with Gasteiger partial charge in [-0.1, -0.05) is 41.9 Å². The molecule has 0 aromatic heterocycles. The van der Waals surface area contributed by atoms with E-state index in [0.717, 1.165) is 24.3 Å². The SMILES string of the molecule is CNCc1cccc(Cl)c1OCC1Cc2ccccc2S1. The lowest BCUT2D eigenvalue weighted by Crippen LogP contribution is -2.15. The molecule has 2 nitrogen and oxygen atoms in total. The number of thioether (sulfide) groups is 1. The lowest BCUT2D eigenvalue weighted by molar-refractivity contribution is 0.314. The molecule has 0 amide bonds. The van der Waals surface area contributed by atoms with Gasteiger partial charge in [-0.2, -0.15) is 0 Å². The summed E-state index contributed by atoms with van der Waals surface area (Å²) in [6.45, 7) is 1.44. The van der Waals surface area contributed by atoms with Crippen LogP contribution in [0.3, 0.4) is 0 Å². The number of nitrogens with one attached hydrogen (secondary N) is 1. The molecule has 0 aliphatic carbocycles. The van der Waals surface area contributed by atoms with Crippen molar-refractivity contribution in [2.75, 3.05) is 13.7 Å². The molecule has 1 N–H and O–H groups in total. The molecule has 0 bridgehead atoms. The van der Waals surface area contributed by atoms with E-state index in [1.165, 1.54) is 10.5 Å². The Hall–Kier alpha value is -1.16. The van der Waals surface area contributed by atoms with Crippen molar-refractivity contribution in [2.24, 2.45) is 0 Å². The van der Waals surface area contributed by atoms with Crippen LogP contribution in [-0.4, -0.2) is 18.9 Å². The maximum absolute atomic E-state index is 6.28. The molecule has 0 fully saturated rings. The second kappa shape index (κ2) is 6.73. The fraction of sp³-hybridized carbons (Fsp3) is 0.294. The first kappa shape index (κ1) is 14.8. The minimum absolute atomic E-state index is 0.459. The van der Waals surface area contributed by atoms with Gasteiger partial charge in [-0.25, -0.2) is 0 Å². The molecule has 1 unspecified atom stereocenters. The normalized spacial score (nSPS) is 16.8. The third-order valence-corrected chi connectivity index (χ3v) is 5.13. The molecule has 3 rings (SSSR count). The van der Waals surface area contributed by atoms with Crippen LogP contribution < -0.4 is 10.1 Å². The Kier molecular flexibility index (Phi) is 4.73. The fourth-order valence-electron chi connectivity index (χ4n) is 2.57. The van der Waals surface area contributed by atoms with Crippen LogP contribution in [0.5, 0.6) is 5.75 Å². The molecule has 110 valence electrons. The zero-order valence-corrected chi connectivity index (χ0v) is 13.5. The van der Waals surface area contributed by atoms with Crippen LogP contribution in [0.1, 0.15) is 11.1 Å². The Labute approximate surface area is 134 Å². The first-order chi connectivity index (χ1) is 10.3. The van der Waals surface area contributed by atoms with Gasteiger partial charge in [0.1, 0.15) is 12.4 Å². The van der Waals surface area contributed by atoms with Gasteiger partial charge in [-0.05, 0) is 31.2 Å². The first-order valence-electron chi connectivity index (χ1n) is 7.07. The average Bonchev–Trinajstić information content (AvgIpc) is 2.90. The van der Waals surface area contributed by atoms with Gasteiger partial charge in [0.05, 0.1) is 5.02 Å². The van der Waals surface area contributed by atoms with E-state index in [-0.39, 0.29) is 0 Å². The van der Waals surface area contributed by atoms with Crippen molar-refractivity contribution in [2.45, 2.75) is 23.1 Å². The monoisotopic (exact) mass is 319 g/mol. The molecule has 0 saturated heterocycles. The molecule has 1 aliphatic rings. The van der Waals surface area contributed by atoms with E-state index in [2.05, 4.69) is 29.6 Å². The second-order valence-corrected chi connectivity index (χ2v) is 6.87. The summed E-state index contributed by atoms with van der Waals surface area (Å²) in [5, 5.41) is 4.29. The van der Waals surface area contributed by atoms with E-state index < -0.39 is 0 Å². The van der Waals surface area contributed by atoms with Gasteiger partial charge in [-0.3, -0.25) is 0 Å². The van der Waals surface area contributed by atoms with Crippen LogP contribution in [-0.2, 0) is 13.0 Å². The van der Waals surface area contributed by atoms with Crippen molar-refractivity contribution >= 4 is 23.4 Å². The number of ether oxygens (including phenoxy) is 1. The summed E-state index contributed by atoms with van der Waals surface area (Å²) in [6.07, 6.45) is 1.06. The number of rotatable bonds is 5. The summed E-state index contributed by atoms with van der Waals surface area (Å²) in [6, 6.07) is 14.5. The van der Waals surface area contributed by atoms with Crippen LogP contribution in [0, 0.1) is 0 Å². The highest BCUT2D eigenvalue weighted by Crippen LogP contribution is 2.37. The summed E-state index contributed by atoms with van der Waals surface area (Å²) in [7, 11) is 1.92. The molecule has 2 aromatic carbocycles. The molecule has 21 heavy (non-hydrogen) atoms. The lowest BCUT2D eigenvalue weighted by atomic mass is 10.1. The van der Waals surface area contributed by atoms with Gasteiger partial charge in [0.15, 0.2) is 0 Å². The number of para-hydroxylation sites is 1. The molecule has 4 heteroatoms. The molecule has 0 saturated carbocycles. The van der Waals surface area contributed by atoms with Crippen LogP contribution >= 0.6 is 23.4 Å². The third kappa shape index (κ3) is 3.37. The molecule has 2 aromatic rings. The maximum Gasteiger partial charge on any atom is 0.142 e. The van der Waals surface area contributed by atoms with Gasteiger partial charge in [0.2, 0.25) is 0 Å². The quantitative estimate of drug-likeness (QED) is 0.894. The largest absolute Gasteiger partial charge is 0.491 e. The first-order valence-corrected chi connectivity index (χ1v) is 8.33. The summed E-state index contributed by atoms with van der Waals surface area (Å²) in [4.78, 5) is 1.38. The van der Waals surface area contributed by atoms with Crippen molar-refractivity contribution in [1.29, 1.82) is 0 Å². The topological polar surface area (TPSA) is 21.3 Å². The highest BCUT2D eigenvalue weighted by Gasteiger charge is 2.23. The van der Waals surface area contributed by atoms with Gasteiger partial charge >= 0.3 is 0 Å². The van der Waals surface area contributed by atoms with E-state index >= 15 is 0 Å². The van der Waals surface area contributed by atoms with Gasteiger partial charge in [0.25, 0.3) is 0 Å². The number of benzene rings is 2. The zero-order chi connectivity index (χ0) is 14.7. The predicted molar refractivity (Wildman–Crippen MR) is 89.5 cm³/mol. The minimum Gasteiger partial charge on any atom is -0.491 e. The molecule has 0 spiro atoms. The molecule has 1 aliphatic heterocycles. The highest BCUT2D eigenvalue weighted by molar-refractivity contribution is 8.00. The number of hydrogen-bond acceptors (Lipinski definition) is 3. The summed E-state index contributed by atoms with van der Waals surface area (Å²) in [5.41, 5.74) is 2.52. The Bertz CT molecular complexity index is 607. The molecule has 1 heterocycles. The molecular weight excluding hydrogens is 302 g/mol. The minimum atomic E-state index is 0.459. The van der Waals surface area contributed by atoms with Crippen molar-refractivity contribution < 1.29 is 4.74 Å². The van der Waals surface area contributed by atoms with Crippen molar-refractivity contribution in [3.63, 3.8) is 0 Å². The van der Waals surface area contributed by atoms with Crippen molar-refractivity contribution in [1.82, 2.24) is 5.32 Å². The lowest BCUT2D eigenvalue weighted by Gasteiger charge is -2.15. The Morgan fingerprint density at radius 1 is 1.24 bits per heavy atom. The number of hydrogen-bond donors (Lipinski definition) is 1. The van der Waals surface area contributed by atoms with Crippen LogP contribution in [0.15, 0.2) is 47.4 Å². The summed E-state index contributed by atoms with van der Waals surface area (Å²) in [5.74, 6) is 0.810. The van der Waals surface area contributed by atoms with Crippen molar-refractivity contribution in [3.05, 3.63) is 58.6 Å². The predicted octanol–water partition coefficient (Wildman–Crippen LogP) is 4.16. The second-order valence-electron chi connectivity index (χ2n) is 5.12. The van der Waals surface area contributed by atoms with E-state index in [1.807, 2.05) is 37.0 Å². The third-order valence-electron chi connectivity index (χ3n) is 3.54. The standard InChI is InChI=1S/C17H18ClNOS/c1-19-10-13-6-4-7-15(18)17(13)20-11-14-9-12-5-2-3-8-16(12)21-14/h2-8,14,19H,9-11H2,1H3. The summed E-state index contributed by atoms with van der Waals surface area (Å²) < 4.78 is 6.04. The Morgan fingerprint density at radius 2 is 2.10 bits per heavy atom. The summed E-state index contributed by atoms with van der Waals surface area (Å²) >= 11 is 8.18. The van der Waals surface area contributed by atoms with E-state index in [1.54, 1.807) is 0 Å². The van der Waals surface area contributed by atoms with Crippen molar-refractivity contribution in [3.8, 4) is 5.75 Å². The Morgan fingerprint density at radius 3 is 2.90 bits per heavy atom. The molecule has 0 radical (unpaired) electrons. The van der Waals surface area contributed by atoms with E-state index in [4.69, 9.17) is 16.3 Å². The fourth-order valence-corrected chi connectivity index (χ4v) is 4.03. The van der Waals surface area contributed by atoms with E-state index in [0.29, 0.717) is 16.9 Å². The van der Waals surface area contributed by atoms with E-state index in [9.17, 15) is 0 Å². The van der Waals surface area contributed by atoms with Gasteiger partial charge < -0.3 is 10.1 Å². The smallest absolute Gasteiger partial charge is 0.142 e. The van der Waals surface area contributed by atoms with Crippen LogP contribution in [0.25, 0.3) is 0 Å². The highest BCUT2D eigenvalue weighted by atomic mass is 35.5. The van der Waals surface area contributed by atoms with Gasteiger partial charge in [0, 0.05) is 22.3 Å². The molecule has 1 atom stereocenters. The number of halogens is 1.